The summed E-state index contributed by atoms with van der Waals surface area (Å²) >= 11 is 6.17. The first-order valence-corrected chi connectivity index (χ1v) is 6.25. The molecule has 1 saturated heterocycles. The second-order valence-corrected chi connectivity index (χ2v) is 5.15. The first-order chi connectivity index (χ1) is 8.58. The van der Waals surface area contributed by atoms with Gasteiger partial charge in [-0.2, -0.15) is 5.01 Å². The van der Waals surface area contributed by atoms with Crippen LogP contribution in [0.3, 0.4) is 0 Å². The molecule has 1 N–H and O–H groups in total. The number of thiocarbonyl (C=S) groups is 1. The maximum absolute atomic E-state index is 12.0. The Morgan fingerprint density at radius 3 is 3.00 bits per heavy atom. The van der Waals surface area contributed by atoms with E-state index >= 15 is 0 Å². The van der Waals surface area contributed by atoms with Gasteiger partial charge in [0.25, 0.3) is 5.91 Å². The zero-order valence-electron chi connectivity index (χ0n) is 9.41. The number of hydrogen-bond acceptors (Lipinski definition) is 5. The highest BCUT2D eigenvalue weighted by Crippen LogP contribution is 2.31. The number of aromatic nitrogens is 1. The van der Waals surface area contributed by atoms with Crippen molar-refractivity contribution in [2.75, 3.05) is 0 Å². The van der Waals surface area contributed by atoms with E-state index < -0.39 is 0 Å². The second kappa shape index (κ2) is 5.28. The van der Waals surface area contributed by atoms with Gasteiger partial charge in [-0.05, 0) is 29.9 Å². The zero-order valence-corrected chi connectivity index (χ0v) is 11.0. The molecule has 0 bridgehead atoms. The predicted molar refractivity (Wildman–Crippen MR) is 73.1 cm³/mol. The molecule has 1 aromatic rings. The predicted octanol–water partition coefficient (Wildman–Crippen LogP) is 1.33. The lowest BCUT2D eigenvalue weighted by molar-refractivity contribution is -0.131. The van der Waals surface area contributed by atoms with E-state index in [9.17, 15) is 9.59 Å². The number of carbonyl (C=O) groups excluding carboxylic acids is 2. The second-order valence-electron chi connectivity index (χ2n) is 3.47. The van der Waals surface area contributed by atoms with Gasteiger partial charge in [-0.1, -0.05) is 17.8 Å². The molecule has 0 saturated carbocycles. The van der Waals surface area contributed by atoms with Crippen LogP contribution in [-0.2, 0) is 9.59 Å². The molecular weight excluding hydrogens is 270 g/mol. The molecule has 2 rings (SSSR count). The largest absolute Gasteiger partial charge is 0.285 e. The smallest absolute Gasteiger partial charge is 0.274 e. The van der Waals surface area contributed by atoms with Gasteiger partial charge in [0.1, 0.15) is 0 Å². The monoisotopic (exact) mass is 279 g/mol. The van der Waals surface area contributed by atoms with Crippen molar-refractivity contribution >= 4 is 46.2 Å². The van der Waals surface area contributed by atoms with E-state index in [1.165, 1.54) is 6.92 Å². The first kappa shape index (κ1) is 12.7. The van der Waals surface area contributed by atoms with E-state index in [0.29, 0.717) is 9.23 Å². The van der Waals surface area contributed by atoms with Crippen molar-refractivity contribution in [1.82, 2.24) is 15.4 Å². The fourth-order valence-corrected chi connectivity index (χ4v) is 2.51. The lowest BCUT2D eigenvalue weighted by Crippen LogP contribution is -2.43. The van der Waals surface area contributed by atoms with Gasteiger partial charge >= 0.3 is 0 Å². The molecule has 92 valence electrons. The van der Waals surface area contributed by atoms with Crippen molar-refractivity contribution in [3.63, 3.8) is 0 Å². The molecule has 5 nitrogen and oxygen atoms in total. The maximum atomic E-state index is 12.0. The van der Waals surface area contributed by atoms with E-state index in [4.69, 9.17) is 12.2 Å². The van der Waals surface area contributed by atoms with E-state index in [0.717, 1.165) is 22.3 Å². The van der Waals surface area contributed by atoms with Gasteiger partial charge in [0.05, 0.1) is 4.91 Å². The Balaban J connectivity index is 2.23. The van der Waals surface area contributed by atoms with Crippen LogP contribution in [0.15, 0.2) is 29.4 Å². The molecular formula is C11H9N3O2S2. The minimum atomic E-state index is -0.339. The highest BCUT2D eigenvalue weighted by molar-refractivity contribution is 8.26. The number of hydrogen-bond donors (Lipinski definition) is 1. The number of pyridine rings is 1. The highest BCUT2D eigenvalue weighted by atomic mass is 32.2. The molecule has 18 heavy (non-hydrogen) atoms. The summed E-state index contributed by atoms with van der Waals surface area (Å²) in [7, 11) is 0. The van der Waals surface area contributed by atoms with Crippen molar-refractivity contribution in [2.24, 2.45) is 0 Å². The third kappa shape index (κ3) is 2.74. The summed E-state index contributed by atoms with van der Waals surface area (Å²) in [6.45, 7) is 1.32. The van der Waals surface area contributed by atoms with Crippen molar-refractivity contribution in [2.45, 2.75) is 6.92 Å². The van der Waals surface area contributed by atoms with Crippen LogP contribution in [0.4, 0.5) is 0 Å². The molecule has 1 fully saturated rings. The minimum absolute atomic E-state index is 0.311. The topological polar surface area (TPSA) is 62.3 Å². The summed E-state index contributed by atoms with van der Waals surface area (Å²) in [5, 5.41) is 1.07. The van der Waals surface area contributed by atoms with Gasteiger partial charge in [-0.3, -0.25) is 20.0 Å². The summed E-state index contributed by atoms with van der Waals surface area (Å²) in [5.41, 5.74) is 3.19. The lowest BCUT2D eigenvalue weighted by atomic mass is 10.2. The Kier molecular flexibility index (Phi) is 3.73. The lowest BCUT2D eigenvalue weighted by Gasteiger charge is -2.13. The number of amides is 2. The van der Waals surface area contributed by atoms with Crippen LogP contribution < -0.4 is 5.43 Å². The molecule has 2 heterocycles. The number of thioether (sulfide) groups is 1. The third-order valence-corrected chi connectivity index (χ3v) is 3.35. The molecule has 0 aromatic carbocycles. The van der Waals surface area contributed by atoms with E-state index in [1.54, 1.807) is 24.5 Å². The Hall–Kier alpha value is -1.73. The number of nitrogens with one attached hydrogen (secondary N) is 1. The molecule has 0 atom stereocenters. The standard InChI is InChI=1S/C11H9N3O2S2/c1-7(15)13-14-10(16)9(18-11(14)17)5-8-3-2-4-12-6-8/h2-6H,1H3,(H,13,15)/b9-5+. The fraction of sp³-hybridized carbons (Fsp3) is 0.0909. The number of nitrogens with zero attached hydrogens (tertiary/aromatic N) is 2. The fourth-order valence-electron chi connectivity index (χ4n) is 1.33. The zero-order chi connectivity index (χ0) is 13.1. The molecule has 2 amide bonds. The molecule has 0 unspecified atom stereocenters. The van der Waals surface area contributed by atoms with E-state index in [-0.39, 0.29) is 11.8 Å². The molecule has 1 aromatic heterocycles. The summed E-state index contributed by atoms with van der Waals surface area (Å²) in [6, 6.07) is 3.61. The van der Waals surface area contributed by atoms with Gasteiger partial charge in [-0.15, -0.1) is 0 Å². The molecule has 7 heteroatoms. The molecule has 0 aliphatic carbocycles. The minimum Gasteiger partial charge on any atom is -0.274 e. The Morgan fingerprint density at radius 1 is 1.61 bits per heavy atom. The van der Waals surface area contributed by atoms with Gasteiger partial charge < -0.3 is 0 Å². The van der Waals surface area contributed by atoms with Crippen LogP contribution in [0.25, 0.3) is 6.08 Å². The Labute approximate surface area is 113 Å². The normalized spacial score (nSPS) is 17.4. The van der Waals surface area contributed by atoms with Crippen molar-refractivity contribution in [3.8, 4) is 0 Å². The van der Waals surface area contributed by atoms with E-state index in [2.05, 4.69) is 10.4 Å². The van der Waals surface area contributed by atoms with Gasteiger partial charge in [-0.25, -0.2) is 0 Å². The Morgan fingerprint density at radius 2 is 2.39 bits per heavy atom. The average Bonchev–Trinajstić information content (AvgIpc) is 2.58. The average molecular weight is 279 g/mol. The van der Waals surface area contributed by atoms with Crippen molar-refractivity contribution in [3.05, 3.63) is 35.0 Å². The Bertz CT molecular complexity index is 542. The number of carbonyl (C=O) groups is 2. The van der Waals surface area contributed by atoms with Crippen molar-refractivity contribution < 1.29 is 9.59 Å². The van der Waals surface area contributed by atoms with Gasteiger partial charge in [0.2, 0.25) is 5.91 Å². The first-order valence-electron chi connectivity index (χ1n) is 5.03. The summed E-state index contributed by atoms with van der Waals surface area (Å²) in [4.78, 5) is 27.3. The summed E-state index contributed by atoms with van der Waals surface area (Å²) in [5.74, 6) is -0.669. The van der Waals surface area contributed by atoms with E-state index in [1.807, 2.05) is 6.07 Å². The van der Waals surface area contributed by atoms with Crippen LogP contribution in [0.2, 0.25) is 0 Å². The maximum Gasteiger partial charge on any atom is 0.285 e. The molecule has 1 aliphatic rings. The number of rotatable bonds is 2. The highest BCUT2D eigenvalue weighted by Gasteiger charge is 2.32. The van der Waals surface area contributed by atoms with Crippen LogP contribution in [0, 0.1) is 0 Å². The van der Waals surface area contributed by atoms with Gasteiger partial charge in [0, 0.05) is 19.3 Å². The number of hydrazine groups is 1. The van der Waals surface area contributed by atoms with Gasteiger partial charge in [0.15, 0.2) is 4.32 Å². The SMILES string of the molecule is CC(=O)NN1C(=O)/C(=C\c2cccnc2)SC1=S. The molecule has 1 aliphatic heterocycles. The summed E-state index contributed by atoms with van der Waals surface area (Å²) < 4.78 is 0.311. The van der Waals surface area contributed by atoms with Crippen LogP contribution in [0.5, 0.6) is 0 Å². The van der Waals surface area contributed by atoms with Crippen LogP contribution in [0.1, 0.15) is 12.5 Å². The molecule has 0 spiro atoms. The van der Waals surface area contributed by atoms with Crippen molar-refractivity contribution in [1.29, 1.82) is 0 Å². The third-order valence-electron chi connectivity index (χ3n) is 2.05. The molecule has 0 radical (unpaired) electrons. The summed E-state index contributed by atoms with van der Waals surface area (Å²) in [6.07, 6.45) is 4.99. The quantitative estimate of drug-likeness (QED) is 0.654. The van der Waals surface area contributed by atoms with Crippen LogP contribution in [-0.4, -0.2) is 26.1 Å². The van der Waals surface area contributed by atoms with Crippen LogP contribution >= 0.6 is 24.0 Å².